The fraction of sp³-hybridized carbons (Fsp3) is 0.391. The number of aromatic nitrogens is 2. The summed E-state index contributed by atoms with van der Waals surface area (Å²) >= 11 is 0. The lowest BCUT2D eigenvalue weighted by Gasteiger charge is -2.45. The number of aliphatic hydroxyl groups is 2. The topological polar surface area (TPSA) is 143 Å². The van der Waals surface area contributed by atoms with E-state index in [1.165, 1.54) is 6.20 Å². The molecular weight excluding hydrogens is 444 g/mol. The summed E-state index contributed by atoms with van der Waals surface area (Å²) in [5, 5.41) is 25.2. The third-order valence-corrected chi connectivity index (χ3v) is 7.06. The molecule has 176 valence electrons. The van der Waals surface area contributed by atoms with Gasteiger partial charge in [-0.3, -0.25) is 4.79 Å². The number of ether oxygens (including phenoxy) is 2. The minimum atomic E-state index is -3.21. The predicted octanol–water partition coefficient (Wildman–Crippen LogP) is -0.386. The molecule has 3 atom stereocenters. The predicted molar refractivity (Wildman–Crippen MR) is 116 cm³/mol. The minimum Gasteiger partial charge on any atom is -0.403 e. The van der Waals surface area contributed by atoms with Crippen molar-refractivity contribution in [2.45, 2.75) is 30.6 Å². The molecule has 34 heavy (non-hydrogen) atoms. The van der Waals surface area contributed by atoms with E-state index in [1.54, 1.807) is 10.5 Å². The van der Waals surface area contributed by atoms with Crippen molar-refractivity contribution in [3.8, 4) is 11.8 Å². The van der Waals surface area contributed by atoms with E-state index in [-0.39, 0.29) is 23.7 Å². The summed E-state index contributed by atoms with van der Waals surface area (Å²) in [5.41, 5.74) is -2.11. The standard InChI is InChI=1S/C23H22N4O7/c28-18-20(29)34-19-16-9-13-3-1-2-4-15(13)27(16)11-17(25-19)33-22(31)23(18,32)21(30)24-14-10-26-7-5-12(14)6-8-26/h1-4,9,11-12,14,18,28,32H,5-8,10H2,(H,24,30)/t14-,18?,23?/m0/s1. The van der Waals surface area contributed by atoms with Gasteiger partial charge in [-0.15, -0.1) is 0 Å². The van der Waals surface area contributed by atoms with Crippen LogP contribution in [0.2, 0.25) is 0 Å². The zero-order valence-electron chi connectivity index (χ0n) is 18.0. The van der Waals surface area contributed by atoms with Gasteiger partial charge in [0.1, 0.15) is 5.52 Å². The summed E-state index contributed by atoms with van der Waals surface area (Å²) in [4.78, 5) is 45.2. The first-order valence-corrected chi connectivity index (χ1v) is 11.1. The Balaban J connectivity index is 1.37. The summed E-state index contributed by atoms with van der Waals surface area (Å²) in [5.74, 6) is -4.49. The smallest absolute Gasteiger partial charge is 0.358 e. The molecule has 6 heterocycles. The molecule has 4 bridgehead atoms. The highest BCUT2D eigenvalue weighted by Crippen LogP contribution is 2.32. The van der Waals surface area contributed by atoms with Crippen LogP contribution in [0, 0.1) is 5.92 Å². The highest BCUT2D eigenvalue weighted by Gasteiger charge is 2.58. The number of nitrogens with one attached hydrogen (secondary N) is 1. The summed E-state index contributed by atoms with van der Waals surface area (Å²) in [7, 11) is 0. The molecule has 3 fully saturated rings. The number of para-hydroxylation sites is 1. The maximum atomic E-state index is 13.1. The minimum absolute atomic E-state index is 0.181. The molecule has 0 radical (unpaired) electrons. The highest BCUT2D eigenvalue weighted by atomic mass is 16.6. The number of carbonyl (C=O) groups is 3. The number of amides is 1. The molecule has 0 spiro atoms. The number of nitrogens with zero attached hydrogens (tertiary/aromatic N) is 3. The lowest BCUT2D eigenvalue weighted by atomic mass is 9.83. The van der Waals surface area contributed by atoms with Crippen LogP contribution >= 0.6 is 0 Å². The van der Waals surface area contributed by atoms with Gasteiger partial charge in [-0.05, 0) is 44.0 Å². The molecule has 11 nitrogen and oxygen atoms in total. The van der Waals surface area contributed by atoms with Crippen LogP contribution in [0.25, 0.3) is 16.4 Å². The van der Waals surface area contributed by atoms with Crippen molar-refractivity contribution in [2.24, 2.45) is 5.92 Å². The van der Waals surface area contributed by atoms with Crippen molar-refractivity contribution in [1.29, 1.82) is 0 Å². The molecule has 2 unspecified atom stereocenters. The van der Waals surface area contributed by atoms with Gasteiger partial charge in [0.05, 0.1) is 11.7 Å². The Morgan fingerprint density at radius 2 is 1.91 bits per heavy atom. The number of hydrogen-bond acceptors (Lipinski definition) is 9. The van der Waals surface area contributed by atoms with Crippen molar-refractivity contribution < 1.29 is 34.1 Å². The third-order valence-electron chi connectivity index (χ3n) is 7.06. The van der Waals surface area contributed by atoms with E-state index in [1.807, 2.05) is 24.3 Å². The van der Waals surface area contributed by atoms with Gasteiger partial charge >= 0.3 is 11.9 Å². The summed E-state index contributed by atoms with van der Waals surface area (Å²) in [6.07, 6.45) is 0.599. The molecule has 1 aromatic carbocycles. The van der Waals surface area contributed by atoms with Gasteiger partial charge in [-0.1, -0.05) is 18.2 Å². The second-order valence-corrected chi connectivity index (χ2v) is 9.04. The van der Waals surface area contributed by atoms with Crippen molar-refractivity contribution in [1.82, 2.24) is 19.6 Å². The van der Waals surface area contributed by atoms with Gasteiger partial charge < -0.3 is 34.3 Å². The van der Waals surface area contributed by atoms with Crippen LogP contribution < -0.4 is 14.8 Å². The number of carbonyl (C=O) groups excluding carboxylic acids is 3. The Bertz CT molecular complexity index is 1350. The number of hydrogen-bond donors (Lipinski definition) is 3. The van der Waals surface area contributed by atoms with Crippen LogP contribution in [0.15, 0.2) is 36.5 Å². The zero-order chi connectivity index (χ0) is 23.6. The average Bonchev–Trinajstić information content (AvgIpc) is 3.23. The molecule has 0 saturated carbocycles. The van der Waals surface area contributed by atoms with E-state index in [4.69, 9.17) is 9.47 Å². The lowest BCUT2D eigenvalue weighted by Crippen LogP contribution is -2.68. The molecule has 4 aliphatic rings. The van der Waals surface area contributed by atoms with E-state index >= 15 is 0 Å². The number of esters is 2. The van der Waals surface area contributed by atoms with Crippen LogP contribution in [0.1, 0.15) is 12.8 Å². The normalized spacial score (nSPS) is 30.9. The van der Waals surface area contributed by atoms with Crippen LogP contribution in [0.4, 0.5) is 0 Å². The van der Waals surface area contributed by atoms with Gasteiger partial charge in [0.2, 0.25) is 17.9 Å². The molecule has 11 heteroatoms. The maximum Gasteiger partial charge on any atom is 0.358 e. The van der Waals surface area contributed by atoms with E-state index in [9.17, 15) is 24.6 Å². The molecular formula is C23H22N4O7. The van der Waals surface area contributed by atoms with Gasteiger partial charge in [-0.25, -0.2) is 9.59 Å². The third kappa shape index (κ3) is 3.08. The van der Waals surface area contributed by atoms with Crippen LogP contribution in [0.5, 0.6) is 11.8 Å². The quantitative estimate of drug-likeness (QED) is 0.340. The molecule has 4 aliphatic heterocycles. The largest absolute Gasteiger partial charge is 0.403 e. The highest BCUT2D eigenvalue weighted by molar-refractivity contribution is 6.11. The SMILES string of the molecule is O=C1Oc2nc(cn3c2cc2ccccc23)OC(=O)C(O)(C(=O)N[C@H]2CN3CCC2CC3)C1O. The Kier molecular flexibility index (Phi) is 4.63. The number of rotatable bonds is 2. The van der Waals surface area contributed by atoms with Gasteiger partial charge in [0.25, 0.3) is 11.5 Å². The fourth-order valence-corrected chi connectivity index (χ4v) is 5.13. The number of benzene rings is 1. The molecule has 3 aromatic rings. The van der Waals surface area contributed by atoms with Crippen LogP contribution in [-0.2, 0) is 14.4 Å². The van der Waals surface area contributed by atoms with Crippen molar-refractivity contribution >= 4 is 34.3 Å². The van der Waals surface area contributed by atoms with E-state index in [0.29, 0.717) is 12.1 Å². The Hall–Kier alpha value is -3.54. The fourth-order valence-electron chi connectivity index (χ4n) is 5.13. The maximum absolute atomic E-state index is 13.1. The Labute approximate surface area is 192 Å². The second-order valence-electron chi connectivity index (χ2n) is 9.04. The van der Waals surface area contributed by atoms with Gasteiger partial charge in [0, 0.05) is 18.0 Å². The monoisotopic (exact) mass is 466 g/mol. The van der Waals surface area contributed by atoms with Crippen molar-refractivity contribution in [2.75, 3.05) is 19.6 Å². The molecule has 3 saturated heterocycles. The van der Waals surface area contributed by atoms with Crippen molar-refractivity contribution in [3.63, 3.8) is 0 Å². The molecule has 1 amide bonds. The number of piperidine rings is 3. The first-order valence-electron chi connectivity index (χ1n) is 11.1. The number of aliphatic hydroxyl groups excluding tert-OH is 1. The van der Waals surface area contributed by atoms with Gasteiger partial charge in [-0.2, -0.15) is 4.98 Å². The summed E-state index contributed by atoms with van der Waals surface area (Å²) in [6, 6.07) is 8.69. The zero-order valence-corrected chi connectivity index (χ0v) is 18.0. The number of fused-ring (bicyclic) bond motifs is 9. The van der Waals surface area contributed by atoms with E-state index in [2.05, 4.69) is 15.2 Å². The lowest BCUT2D eigenvalue weighted by molar-refractivity contribution is -0.185. The van der Waals surface area contributed by atoms with Crippen LogP contribution in [-0.4, -0.2) is 79.7 Å². The molecule has 0 aliphatic carbocycles. The van der Waals surface area contributed by atoms with E-state index in [0.717, 1.165) is 36.8 Å². The molecule has 2 aromatic heterocycles. The van der Waals surface area contributed by atoms with Crippen LogP contribution in [0.3, 0.4) is 0 Å². The second kappa shape index (κ2) is 7.49. The first kappa shape index (κ1) is 21.0. The van der Waals surface area contributed by atoms with Crippen molar-refractivity contribution in [3.05, 3.63) is 36.5 Å². The Morgan fingerprint density at radius 1 is 1.15 bits per heavy atom. The van der Waals surface area contributed by atoms with Gasteiger partial charge in [0.15, 0.2) is 0 Å². The summed E-state index contributed by atoms with van der Waals surface area (Å²) < 4.78 is 12.1. The molecule has 3 N–H and O–H groups in total. The Morgan fingerprint density at radius 3 is 2.65 bits per heavy atom. The average molecular weight is 466 g/mol. The summed E-state index contributed by atoms with van der Waals surface area (Å²) in [6.45, 7) is 2.40. The molecule has 7 rings (SSSR count). The van der Waals surface area contributed by atoms with E-state index < -0.39 is 29.6 Å². The first-order chi connectivity index (χ1) is 16.3.